The van der Waals surface area contributed by atoms with E-state index in [-0.39, 0.29) is 36.3 Å². The summed E-state index contributed by atoms with van der Waals surface area (Å²) in [6.45, 7) is 3.29. The molecular formula is C27H22F6N2O4. The minimum absolute atomic E-state index is 0.0448. The molecule has 1 amide bonds. The van der Waals surface area contributed by atoms with Gasteiger partial charge in [0, 0.05) is 34.6 Å². The number of nitrogens with one attached hydrogen (secondary N) is 1. The second-order valence-corrected chi connectivity index (χ2v) is 8.93. The van der Waals surface area contributed by atoms with Crippen molar-refractivity contribution in [1.82, 2.24) is 4.98 Å². The van der Waals surface area contributed by atoms with Gasteiger partial charge in [-0.05, 0) is 56.5 Å². The van der Waals surface area contributed by atoms with Gasteiger partial charge in [0.15, 0.2) is 0 Å². The van der Waals surface area contributed by atoms with Crippen molar-refractivity contribution in [3.8, 4) is 16.9 Å². The van der Waals surface area contributed by atoms with Crippen LogP contribution in [0.3, 0.4) is 0 Å². The monoisotopic (exact) mass is 552 g/mol. The van der Waals surface area contributed by atoms with Crippen LogP contribution in [0.15, 0.2) is 48.7 Å². The maximum absolute atomic E-state index is 14.8. The summed E-state index contributed by atoms with van der Waals surface area (Å²) >= 11 is 0. The molecule has 1 aliphatic rings. The molecule has 1 saturated carbocycles. The van der Waals surface area contributed by atoms with Crippen LogP contribution in [-0.4, -0.2) is 29.8 Å². The average molecular weight is 552 g/mol. The smallest absolute Gasteiger partial charge is 0.462 e. The van der Waals surface area contributed by atoms with Crippen molar-refractivity contribution in [2.24, 2.45) is 0 Å². The van der Waals surface area contributed by atoms with Crippen LogP contribution in [0.4, 0.5) is 32.0 Å². The summed E-state index contributed by atoms with van der Waals surface area (Å²) in [5.74, 6) is -3.11. The molecule has 1 aromatic heterocycles. The average Bonchev–Trinajstić information content (AvgIpc) is 3.65. The molecule has 1 N–H and O–H groups in total. The van der Waals surface area contributed by atoms with Gasteiger partial charge in [-0.25, -0.2) is 18.0 Å². The lowest BCUT2D eigenvalue weighted by Crippen LogP contribution is -2.29. The highest BCUT2D eigenvalue weighted by molar-refractivity contribution is 6.04. The quantitative estimate of drug-likeness (QED) is 0.244. The van der Waals surface area contributed by atoms with Crippen molar-refractivity contribution < 1.29 is 45.4 Å². The zero-order valence-electron chi connectivity index (χ0n) is 20.7. The molecule has 1 aliphatic carbocycles. The molecule has 0 unspecified atom stereocenters. The minimum atomic E-state index is -5.00. The fourth-order valence-electron chi connectivity index (χ4n) is 4.37. The molecule has 0 radical (unpaired) electrons. The Kier molecular flexibility index (Phi) is 7.58. The van der Waals surface area contributed by atoms with Crippen LogP contribution in [0.5, 0.6) is 5.75 Å². The fourth-order valence-corrected chi connectivity index (χ4v) is 4.37. The van der Waals surface area contributed by atoms with Crippen molar-refractivity contribution >= 4 is 17.6 Å². The van der Waals surface area contributed by atoms with Gasteiger partial charge in [0.2, 0.25) is 5.91 Å². The Labute approximate surface area is 219 Å². The topological polar surface area (TPSA) is 77.5 Å². The Morgan fingerprint density at radius 3 is 2.36 bits per heavy atom. The molecule has 206 valence electrons. The molecule has 39 heavy (non-hydrogen) atoms. The Balaban J connectivity index is 1.65. The number of hydrogen-bond donors (Lipinski definition) is 1. The highest BCUT2D eigenvalue weighted by Crippen LogP contribution is 2.50. The molecule has 3 aromatic rings. The van der Waals surface area contributed by atoms with Crippen molar-refractivity contribution in [3.63, 3.8) is 0 Å². The summed E-state index contributed by atoms with van der Waals surface area (Å²) in [6.07, 6.45) is -6.06. The summed E-state index contributed by atoms with van der Waals surface area (Å²) in [7, 11) is 0. The summed E-state index contributed by atoms with van der Waals surface area (Å²) < 4.78 is 86.9. The van der Waals surface area contributed by atoms with Crippen LogP contribution >= 0.6 is 0 Å². The van der Waals surface area contributed by atoms with Crippen LogP contribution in [-0.2, 0) is 14.9 Å². The number of halogens is 6. The third-order valence-electron chi connectivity index (χ3n) is 6.26. The van der Waals surface area contributed by atoms with Crippen LogP contribution in [0.25, 0.3) is 11.1 Å². The number of ether oxygens (including phenoxy) is 2. The second kappa shape index (κ2) is 10.6. The Morgan fingerprint density at radius 2 is 1.82 bits per heavy atom. The molecule has 0 saturated heterocycles. The highest BCUT2D eigenvalue weighted by Gasteiger charge is 2.53. The largest absolute Gasteiger partial charge is 0.573 e. The molecule has 0 spiro atoms. The number of carbonyl (C=O) groups is 2. The second-order valence-electron chi connectivity index (χ2n) is 8.93. The van der Waals surface area contributed by atoms with Gasteiger partial charge < -0.3 is 14.8 Å². The van der Waals surface area contributed by atoms with Gasteiger partial charge in [-0.3, -0.25) is 9.78 Å². The van der Waals surface area contributed by atoms with Gasteiger partial charge in [-0.15, -0.1) is 13.2 Å². The zero-order chi connectivity index (χ0) is 28.5. The van der Waals surface area contributed by atoms with E-state index < -0.39 is 47.3 Å². The van der Waals surface area contributed by atoms with E-state index in [9.17, 15) is 35.9 Å². The van der Waals surface area contributed by atoms with E-state index >= 15 is 0 Å². The molecule has 0 aliphatic heterocycles. The number of carbonyl (C=O) groups excluding carboxylic acids is 2. The van der Waals surface area contributed by atoms with Crippen molar-refractivity contribution in [3.05, 3.63) is 76.9 Å². The summed E-state index contributed by atoms with van der Waals surface area (Å²) in [5, 5.41) is 2.66. The fraction of sp³-hybridized carbons (Fsp3) is 0.296. The molecule has 12 heteroatoms. The van der Waals surface area contributed by atoms with Crippen molar-refractivity contribution in [2.75, 3.05) is 11.9 Å². The standard InChI is InChI=1S/C27H22F6N2O4/c1-3-38-24(36)18-11-16(10-14(2)22(18)15-4-7-21(23(29)30)34-13-15)35-25(37)26(8-9-26)19-6-5-17(12-20(19)28)39-27(31,32)33/h4-7,10-13,23H,3,8-9H2,1-2H3,(H,35,37). The van der Waals surface area contributed by atoms with Crippen LogP contribution in [0, 0.1) is 12.7 Å². The molecule has 6 nitrogen and oxygen atoms in total. The van der Waals surface area contributed by atoms with E-state index in [1.807, 2.05) is 0 Å². The number of hydrogen-bond acceptors (Lipinski definition) is 5. The number of amides is 1. The summed E-state index contributed by atoms with van der Waals surface area (Å²) in [5.41, 5.74) is -0.365. The van der Waals surface area contributed by atoms with Crippen molar-refractivity contribution in [2.45, 2.75) is 44.9 Å². The number of anilines is 1. The third kappa shape index (κ3) is 5.99. The maximum Gasteiger partial charge on any atom is 0.573 e. The highest BCUT2D eigenvalue weighted by atomic mass is 19.4. The molecule has 1 fully saturated rings. The SMILES string of the molecule is CCOC(=O)c1cc(NC(=O)C2(c3ccc(OC(F)(F)F)cc3F)CC2)cc(C)c1-c1ccc(C(F)F)nc1. The predicted octanol–water partition coefficient (Wildman–Crippen LogP) is 6.88. The van der Waals surface area contributed by atoms with E-state index in [1.165, 1.54) is 18.3 Å². The Hall–Kier alpha value is -4.09. The minimum Gasteiger partial charge on any atom is -0.462 e. The lowest BCUT2D eigenvalue weighted by atomic mass is 9.93. The number of aryl methyl sites for hydroxylation is 1. The van der Waals surface area contributed by atoms with Crippen LogP contribution < -0.4 is 10.1 Å². The van der Waals surface area contributed by atoms with Gasteiger partial charge in [0.25, 0.3) is 6.43 Å². The first-order valence-electron chi connectivity index (χ1n) is 11.8. The molecule has 0 bridgehead atoms. The van der Waals surface area contributed by atoms with Gasteiger partial charge in [0.1, 0.15) is 17.3 Å². The normalized spacial score (nSPS) is 14.2. The van der Waals surface area contributed by atoms with Crippen LogP contribution in [0.1, 0.15) is 53.4 Å². The number of esters is 1. The summed E-state index contributed by atoms with van der Waals surface area (Å²) in [4.78, 5) is 29.8. The van der Waals surface area contributed by atoms with Gasteiger partial charge in [-0.1, -0.05) is 12.1 Å². The Bertz CT molecular complexity index is 1400. The van der Waals surface area contributed by atoms with E-state index in [4.69, 9.17) is 4.74 Å². The lowest BCUT2D eigenvalue weighted by molar-refractivity contribution is -0.274. The number of nitrogens with zero attached hydrogens (tertiary/aromatic N) is 1. The molecule has 4 rings (SSSR count). The predicted molar refractivity (Wildman–Crippen MR) is 128 cm³/mol. The molecule has 1 heterocycles. The number of rotatable bonds is 8. The van der Waals surface area contributed by atoms with E-state index in [0.29, 0.717) is 22.8 Å². The van der Waals surface area contributed by atoms with E-state index in [0.717, 1.165) is 18.2 Å². The third-order valence-corrected chi connectivity index (χ3v) is 6.26. The molecule has 2 aromatic carbocycles. The lowest BCUT2D eigenvalue weighted by Gasteiger charge is -2.19. The first kappa shape index (κ1) is 27.9. The van der Waals surface area contributed by atoms with E-state index in [2.05, 4.69) is 15.0 Å². The maximum atomic E-state index is 14.8. The molecule has 0 atom stereocenters. The molecular weight excluding hydrogens is 530 g/mol. The van der Waals surface area contributed by atoms with Crippen molar-refractivity contribution in [1.29, 1.82) is 0 Å². The summed E-state index contributed by atoms with van der Waals surface area (Å²) in [6, 6.07) is 8.02. The number of benzene rings is 2. The van der Waals surface area contributed by atoms with Gasteiger partial charge in [-0.2, -0.15) is 0 Å². The number of pyridine rings is 1. The van der Waals surface area contributed by atoms with Crippen LogP contribution in [0.2, 0.25) is 0 Å². The number of aromatic nitrogens is 1. The number of alkyl halides is 5. The Morgan fingerprint density at radius 1 is 1.10 bits per heavy atom. The van der Waals surface area contributed by atoms with Gasteiger partial charge >= 0.3 is 12.3 Å². The zero-order valence-corrected chi connectivity index (χ0v) is 20.7. The first-order chi connectivity index (χ1) is 18.3. The van der Waals surface area contributed by atoms with Gasteiger partial charge in [0.05, 0.1) is 17.6 Å². The van der Waals surface area contributed by atoms with E-state index in [1.54, 1.807) is 19.9 Å². The first-order valence-corrected chi connectivity index (χ1v) is 11.8.